The zero-order valence-electron chi connectivity index (χ0n) is 12.2. The predicted octanol–water partition coefficient (Wildman–Crippen LogP) is 3.83. The molecule has 19 heavy (non-hydrogen) atoms. The second-order valence-corrected chi connectivity index (χ2v) is 5.65. The Hall–Kier alpha value is -1.15. The van der Waals surface area contributed by atoms with Crippen molar-refractivity contribution in [3.8, 4) is 0 Å². The quantitative estimate of drug-likeness (QED) is 0.749. The molecule has 2 nitrogen and oxygen atoms in total. The predicted molar refractivity (Wildman–Crippen MR) is 79.6 cm³/mol. The molecule has 2 rings (SSSR count). The highest BCUT2D eigenvalue weighted by Gasteiger charge is 2.24. The van der Waals surface area contributed by atoms with E-state index in [1.54, 1.807) is 0 Å². The lowest BCUT2D eigenvalue weighted by atomic mass is 9.96. The molecule has 0 bridgehead atoms. The lowest BCUT2D eigenvalue weighted by molar-refractivity contribution is 0.0830. The average Bonchev–Trinajstić information content (AvgIpc) is 2.41. The molecular weight excluding hydrogens is 234 g/mol. The number of nitrogens with zero attached hydrogens (tertiary/aromatic N) is 1. The zero-order chi connectivity index (χ0) is 13.7. The van der Waals surface area contributed by atoms with Crippen molar-refractivity contribution >= 4 is 5.78 Å². The Morgan fingerprint density at radius 2 is 2.11 bits per heavy atom. The van der Waals surface area contributed by atoms with Crippen molar-refractivity contribution in [2.24, 2.45) is 0 Å². The van der Waals surface area contributed by atoms with E-state index in [2.05, 4.69) is 11.8 Å². The van der Waals surface area contributed by atoms with Gasteiger partial charge in [-0.1, -0.05) is 44.0 Å². The van der Waals surface area contributed by atoms with E-state index in [1.165, 1.54) is 32.1 Å². The first-order valence-electron chi connectivity index (χ1n) is 7.55. The largest absolute Gasteiger partial charge is 0.293 e. The molecule has 0 saturated carbocycles. The molecule has 2 heteroatoms. The summed E-state index contributed by atoms with van der Waals surface area (Å²) in [5.74, 6) is 0.279. The Balaban J connectivity index is 2.03. The summed E-state index contributed by atoms with van der Waals surface area (Å²) in [6, 6.07) is 8.54. The molecule has 0 amide bonds. The maximum atomic E-state index is 12.4. The minimum Gasteiger partial charge on any atom is -0.293 e. The van der Waals surface area contributed by atoms with Crippen LogP contribution >= 0.6 is 0 Å². The van der Waals surface area contributed by atoms with Crippen LogP contribution in [0.15, 0.2) is 24.3 Å². The number of hydrogen-bond acceptors (Lipinski definition) is 2. The van der Waals surface area contributed by atoms with Gasteiger partial charge in [-0.3, -0.25) is 9.69 Å². The van der Waals surface area contributed by atoms with Crippen LogP contribution in [0, 0.1) is 6.92 Å². The molecule has 1 aromatic rings. The van der Waals surface area contributed by atoms with E-state index in [4.69, 9.17) is 0 Å². The maximum Gasteiger partial charge on any atom is 0.177 e. The van der Waals surface area contributed by atoms with Crippen LogP contribution in [0.25, 0.3) is 0 Å². The number of carbonyl (C=O) groups is 1. The second-order valence-electron chi connectivity index (χ2n) is 5.65. The summed E-state index contributed by atoms with van der Waals surface area (Å²) in [4.78, 5) is 14.8. The third-order valence-corrected chi connectivity index (χ3v) is 4.16. The maximum absolute atomic E-state index is 12.4. The van der Waals surface area contributed by atoms with E-state index >= 15 is 0 Å². The van der Waals surface area contributed by atoms with Crippen molar-refractivity contribution < 1.29 is 4.79 Å². The first-order chi connectivity index (χ1) is 9.22. The SMILES string of the molecule is CCCC1CCCCN1CC(=O)c1ccccc1C. The van der Waals surface area contributed by atoms with Crippen LogP contribution in [0.1, 0.15) is 54.9 Å². The monoisotopic (exact) mass is 259 g/mol. The molecule has 0 radical (unpaired) electrons. The number of likely N-dealkylation sites (tertiary alicyclic amines) is 1. The number of aryl methyl sites for hydroxylation is 1. The van der Waals surface area contributed by atoms with E-state index in [9.17, 15) is 4.79 Å². The fraction of sp³-hybridized carbons (Fsp3) is 0.588. The summed E-state index contributed by atoms with van der Waals surface area (Å²) in [7, 11) is 0. The Morgan fingerprint density at radius 1 is 1.32 bits per heavy atom. The van der Waals surface area contributed by atoms with Crippen LogP contribution in [0.5, 0.6) is 0 Å². The van der Waals surface area contributed by atoms with E-state index < -0.39 is 0 Å². The van der Waals surface area contributed by atoms with Crippen LogP contribution < -0.4 is 0 Å². The molecule has 1 atom stereocenters. The van der Waals surface area contributed by atoms with Gasteiger partial charge in [-0.15, -0.1) is 0 Å². The van der Waals surface area contributed by atoms with Crippen LogP contribution in [0.2, 0.25) is 0 Å². The van der Waals surface area contributed by atoms with Crippen LogP contribution in [0.3, 0.4) is 0 Å². The number of piperidine rings is 1. The summed E-state index contributed by atoms with van der Waals surface area (Å²) in [5, 5.41) is 0. The average molecular weight is 259 g/mol. The van der Waals surface area contributed by atoms with Crippen molar-refractivity contribution in [3.63, 3.8) is 0 Å². The Morgan fingerprint density at radius 3 is 2.84 bits per heavy atom. The number of carbonyl (C=O) groups excluding carboxylic acids is 1. The number of ketones is 1. The van der Waals surface area contributed by atoms with Gasteiger partial charge >= 0.3 is 0 Å². The van der Waals surface area contributed by atoms with Crippen molar-refractivity contribution in [1.82, 2.24) is 4.90 Å². The van der Waals surface area contributed by atoms with Crippen molar-refractivity contribution in [2.45, 2.75) is 52.0 Å². The van der Waals surface area contributed by atoms with Gasteiger partial charge in [-0.25, -0.2) is 0 Å². The fourth-order valence-corrected chi connectivity index (χ4v) is 3.08. The molecule has 1 heterocycles. The molecule has 1 aromatic carbocycles. The molecule has 0 spiro atoms. The van der Waals surface area contributed by atoms with Crippen LogP contribution in [-0.4, -0.2) is 29.8 Å². The lowest BCUT2D eigenvalue weighted by Gasteiger charge is -2.35. The fourth-order valence-electron chi connectivity index (χ4n) is 3.08. The van der Waals surface area contributed by atoms with Gasteiger partial charge < -0.3 is 0 Å². The molecule has 104 valence electrons. The first kappa shape index (κ1) is 14.3. The highest BCUT2D eigenvalue weighted by Crippen LogP contribution is 2.21. The van der Waals surface area contributed by atoms with Gasteiger partial charge in [-0.05, 0) is 38.3 Å². The lowest BCUT2D eigenvalue weighted by Crippen LogP contribution is -2.42. The number of Topliss-reactive ketones (excluding diaryl/α,β-unsaturated/α-hetero) is 1. The van der Waals surface area contributed by atoms with Gasteiger partial charge in [0.15, 0.2) is 5.78 Å². The van der Waals surface area contributed by atoms with Crippen molar-refractivity contribution in [1.29, 1.82) is 0 Å². The third-order valence-electron chi connectivity index (χ3n) is 4.16. The van der Waals surface area contributed by atoms with Gasteiger partial charge in [0.2, 0.25) is 0 Å². The summed E-state index contributed by atoms with van der Waals surface area (Å²) < 4.78 is 0. The van der Waals surface area contributed by atoms with Gasteiger partial charge in [-0.2, -0.15) is 0 Å². The van der Waals surface area contributed by atoms with Gasteiger partial charge in [0.1, 0.15) is 0 Å². The van der Waals surface area contributed by atoms with Gasteiger partial charge in [0.25, 0.3) is 0 Å². The highest BCUT2D eigenvalue weighted by molar-refractivity contribution is 5.98. The minimum absolute atomic E-state index is 0.279. The highest BCUT2D eigenvalue weighted by atomic mass is 16.1. The standard InChI is InChI=1S/C17H25NO/c1-3-8-15-10-6-7-12-18(15)13-17(19)16-11-5-4-9-14(16)2/h4-5,9,11,15H,3,6-8,10,12-13H2,1-2H3. The minimum atomic E-state index is 0.279. The summed E-state index contributed by atoms with van der Waals surface area (Å²) in [6.07, 6.45) is 6.25. The normalized spacial score (nSPS) is 20.4. The van der Waals surface area contributed by atoms with Crippen LogP contribution in [0.4, 0.5) is 0 Å². The first-order valence-corrected chi connectivity index (χ1v) is 7.55. The van der Waals surface area contributed by atoms with Gasteiger partial charge in [0, 0.05) is 11.6 Å². The van der Waals surface area contributed by atoms with Crippen molar-refractivity contribution in [2.75, 3.05) is 13.1 Å². The van der Waals surface area contributed by atoms with Crippen molar-refractivity contribution in [3.05, 3.63) is 35.4 Å². The van der Waals surface area contributed by atoms with E-state index in [-0.39, 0.29) is 5.78 Å². The molecule has 0 N–H and O–H groups in total. The Labute approximate surface area is 116 Å². The summed E-state index contributed by atoms with van der Waals surface area (Å²) in [6.45, 7) is 5.93. The second kappa shape index (κ2) is 6.85. The Kier molecular flexibility index (Phi) is 5.15. The number of benzene rings is 1. The van der Waals surface area contributed by atoms with E-state index in [1.807, 2.05) is 31.2 Å². The zero-order valence-corrected chi connectivity index (χ0v) is 12.2. The summed E-state index contributed by atoms with van der Waals surface area (Å²) in [5.41, 5.74) is 1.99. The third kappa shape index (κ3) is 3.66. The molecule has 1 fully saturated rings. The summed E-state index contributed by atoms with van der Waals surface area (Å²) >= 11 is 0. The van der Waals surface area contributed by atoms with Gasteiger partial charge in [0.05, 0.1) is 6.54 Å². The molecule has 0 aromatic heterocycles. The number of hydrogen-bond donors (Lipinski definition) is 0. The van der Waals surface area contributed by atoms with E-state index in [0.717, 1.165) is 17.7 Å². The smallest absolute Gasteiger partial charge is 0.177 e. The Bertz CT molecular complexity index is 425. The van der Waals surface area contributed by atoms with E-state index in [0.29, 0.717) is 12.6 Å². The molecule has 1 unspecified atom stereocenters. The molecule has 1 saturated heterocycles. The van der Waals surface area contributed by atoms with Crippen LogP contribution in [-0.2, 0) is 0 Å². The number of rotatable bonds is 5. The molecule has 1 aliphatic rings. The molecule has 0 aliphatic carbocycles. The molecular formula is C17H25NO. The topological polar surface area (TPSA) is 20.3 Å². The molecule has 1 aliphatic heterocycles.